The molecular weight excluding hydrogens is 280 g/mol. The SMILES string of the molecule is Cc1ccc(/C=C/CC(=O)N2C[C@@H](CC(N)=O)[C@H](O)C2)cc1. The van der Waals surface area contributed by atoms with Gasteiger partial charge in [0.25, 0.3) is 0 Å². The van der Waals surface area contributed by atoms with Gasteiger partial charge in [-0.1, -0.05) is 42.0 Å². The zero-order chi connectivity index (χ0) is 16.1. The van der Waals surface area contributed by atoms with E-state index in [1.165, 1.54) is 5.56 Å². The minimum atomic E-state index is -0.669. The Morgan fingerprint density at radius 2 is 2.00 bits per heavy atom. The Hall–Kier alpha value is -2.14. The van der Waals surface area contributed by atoms with Crippen molar-refractivity contribution in [3.05, 3.63) is 41.5 Å². The Morgan fingerprint density at radius 3 is 2.64 bits per heavy atom. The molecule has 0 unspecified atom stereocenters. The zero-order valence-electron chi connectivity index (χ0n) is 12.7. The monoisotopic (exact) mass is 302 g/mol. The number of amides is 2. The minimum Gasteiger partial charge on any atom is -0.391 e. The molecule has 0 aliphatic carbocycles. The van der Waals surface area contributed by atoms with E-state index in [9.17, 15) is 14.7 Å². The number of carbonyl (C=O) groups is 2. The molecule has 3 N–H and O–H groups in total. The summed E-state index contributed by atoms with van der Waals surface area (Å²) in [5, 5.41) is 9.87. The molecule has 1 fully saturated rings. The van der Waals surface area contributed by atoms with Crippen LogP contribution in [0.5, 0.6) is 0 Å². The van der Waals surface area contributed by atoms with E-state index in [0.717, 1.165) is 5.56 Å². The van der Waals surface area contributed by atoms with Crippen molar-refractivity contribution in [3.8, 4) is 0 Å². The number of hydrogen-bond donors (Lipinski definition) is 2. The average molecular weight is 302 g/mol. The van der Waals surface area contributed by atoms with Crippen molar-refractivity contribution in [1.82, 2.24) is 4.90 Å². The predicted molar refractivity (Wildman–Crippen MR) is 84.7 cm³/mol. The Labute approximate surface area is 130 Å². The minimum absolute atomic E-state index is 0.0469. The van der Waals surface area contributed by atoms with Crippen LogP contribution in [0.15, 0.2) is 30.3 Å². The van der Waals surface area contributed by atoms with E-state index in [4.69, 9.17) is 5.73 Å². The van der Waals surface area contributed by atoms with Crippen molar-refractivity contribution in [1.29, 1.82) is 0 Å². The van der Waals surface area contributed by atoms with Crippen molar-refractivity contribution in [2.75, 3.05) is 13.1 Å². The van der Waals surface area contributed by atoms with Gasteiger partial charge in [-0.05, 0) is 12.5 Å². The number of aryl methyl sites for hydroxylation is 1. The molecule has 1 aromatic rings. The third kappa shape index (κ3) is 4.43. The molecule has 1 saturated heterocycles. The lowest BCUT2D eigenvalue weighted by atomic mass is 10.0. The molecule has 0 saturated carbocycles. The first-order valence-corrected chi connectivity index (χ1v) is 7.43. The van der Waals surface area contributed by atoms with Crippen LogP contribution in [-0.2, 0) is 9.59 Å². The van der Waals surface area contributed by atoms with Crippen LogP contribution >= 0.6 is 0 Å². The van der Waals surface area contributed by atoms with Gasteiger partial charge in [-0.3, -0.25) is 9.59 Å². The lowest BCUT2D eigenvalue weighted by molar-refractivity contribution is -0.129. The second-order valence-corrected chi connectivity index (χ2v) is 5.81. The molecule has 5 nitrogen and oxygen atoms in total. The van der Waals surface area contributed by atoms with Crippen molar-refractivity contribution >= 4 is 17.9 Å². The number of carbonyl (C=O) groups excluding carboxylic acids is 2. The fourth-order valence-corrected chi connectivity index (χ4v) is 2.62. The number of nitrogens with zero attached hydrogens (tertiary/aromatic N) is 1. The van der Waals surface area contributed by atoms with E-state index < -0.39 is 12.0 Å². The number of rotatable bonds is 5. The van der Waals surface area contributed by atoms with E-state index in [1.54, 1.807) is 4.90 Å². The number of hydrogen-bond acceptors (Lipinski definition) is 3. The standard InChI is InChI=1S/C17H22N2O3/c1-12-5-7-13(8-6-12)3-2-4-17(22)19-10-14(9-16(18)21)15(20)11-19/h2-3,5-8,14-15,20H,4,9-11H2,1H3,(H2,18,21)/b3-2+/t14-,15-/m1/s1. The van der Waals surface area contributed by atoms with Crippen LogP contribution in [0.25, 0.3) is 6.08 Å². The predicted octanol–water partition coefficient (Wildman–Crippen LogP) is 1.09. The number of aliphatic hydroxyl groups is 1. The smallest absolute Gasteiger partial charge is 0.226 e. The number of β-amino-alcohol motifs (C(OH)–C–C–N with tert-alkyl or cyclic N) is 1. The van der Waals surface area contributed by atoms with Gasteiger partial charge in [0.2, 0.25) is 11.8 Å². The molecule has 2 rings (SSSR count). The molecule has 0 radical (unpaired) electrons. The molecule has 1 aromatic carbocycles. The zero-order valence-corrected chi connectivity index (χ0v) is 12.7. The molecule has 1 aliphatic rings. The molecule has 5 heteroatoms. The number of aliphatic hydroxyl groups excluding tert-OH is 1. The fourth-order valence-electron chi connectivity index (χ4n) is 2.62. The van der Waals surface area contributed by atoms with Crippen LogP contribution in [0.4, 0.5) is 0 Å². The van der Waals surface area contributed by atoms with E-state index >= 15 is 0 Å². The molecule has 0 aromatic heterocycles. The topological polar surface area (TPSA) is 83.6 Å². The van der Waals surface area contributed by atoms with Crippen LogP contribution in [-0.4, -0.2) is 41.0 Å². The molecule has 1 aliphatic heterocycles. The maximum absolute atomic E-state index is 12.1. The van der Waals surface area contributed by atoms with E-state index in [-0.39, 0.29) is 31.2 Å². The first-order valence-electron chi connectivity index (χ1n) is 7.43. The number of benzene rings is 1. The average Bonchev–Trinajstić information content (AvgIpc) is 2.81. The lowest BCUT2D eigenvalue weighted by Gasteiger charge is -2.14. The van der Waals surface area contributed by atoms with Gasteiger partial charge < -0.3 is 15.7 Å². The quantitative estimate of drug-likeness (QED) is 0.854. The van der Waals surface area contributed by atoms with Crippen LogP contribution in [0.3, 0.4) is 0 Å². The highest BCUT2D eigenvalue weighted by atomic mass is 16.3. The van der Waals surface area contributed by atoms with Crippen LogP contribution < -0.4 is 5.73 Å². The van der Waals surface area contributed by atoms with E-state index in [1.807, 2.05) is 43.3 Å². The van der Waals surface area contributed by atoms with E-state index in [2.05, 4.69) is 0 Å². The summed E-state index contributed by atoms with van der Waals surface area (Å²) in [7, 11) is 0. The Bertz CT molecular complexity index is 566. The molecule has 2 atom stereocenters. The summed E-state index contributed by atoms with van der Waals surface area (Å²) in [6.07, 6.45) is 3.46. The van der Waals surface area contributed by atoms with Crippen LogP contribution in [0.2, 0.25) is 0 Å². The fraction of sp³-hybridized carbons (Fsp3) is 0.412. The van der Waals surface area contributed by atoms with Crippen molar-refractivity contribution in [3.63, 3.8) is 0 Å². The Morgan fingerprint density at radius 1 is 1.32 bits per heavy atom. The van der Waals surface area contributed by atoms with Gasteiger partial charge in [-0.25, -0.2) is 0 Å². The van der Waals surface area contributed by atoms with Gasteiger partial charge >= 0.3 is 0 Å². The lowest BCUT2D eigenvalue weighted by Crippen LogP contribution is -2.29. The summed E-state index contributed by atoms with van der Waals surface area (Å²) >= 11 is 0. The van der Waals surface area contributed by atoms with Gasteiger partial charge in [0.15, 0.2) is 0 Å². The number of likely N-dealkylation sites (tertiary alicyclic amines) is 1. The summed E-state index contributed by atoms with van der Waals surface area (Å²) in [6.45, 7) is 2.69. The van der Waals surface area contributed by atoms with Gasteiger partial charge in [-0.2, -0.15) is 0 Å². The molecular formula is C17H22N2O3. The van der Waals surface area contributed by atoms with Gasteiger partial charge in [-0.15, -0.1) is 0 Å². The highest BCUT2D eigenvalue weighted by Crippen LogP contribution is 2.21. The van der Waals surface area contributed by atoms with Crippen molar-refractivity contribution in [2.24, 2.45) is 11.7 Å². The third-order valence-electron chi connectivity index (χ3n) is 3.90. The molecule has 0 spiro atoms. The molecule has 118 valence electrons. The number of nitrogens with two attached hydrogens (primary N) is 1. The van der Waals surface area contributed by atoms with E-state index in [0.29, 0.717) is 6.54 Å². The third-order valence-corrected chi connectivity index (χ3v) is 3.90. The van der Waals surface area contributed by atoms with Crippen molar-refractivity contribution < 1.29 is 14.7 Å². The number of primary amides is 1. The molecule has 22 heavy (non-hydrogen) atoms. The van der Waals surface area contributed by atoms with Gasteiger partial charge in [0.1, 0.15) is 0 Å². The van der Waals surface area contributed by atoms with Crippen molar-refractivity contribution in [2.45, 2.75) is 25.9 Å². The largest absolute Gasteiger partial charge is 0.391 e. The highest BCUT2D eigenvalue weighted by molar-refractivity contribution is 5.79. The summed E-state index contributed by atoms with van der Waals surface area (Å²) in [4.78, 5) is 24.6. The van der Waals surface area contributed by atoms with Crippen LogP contribution in [0, 0.1) is 12.8 Å². The normalized spacial score (nSPS) is 21.5. The molecule has 1 heterocycles. The summed E-state index contributed by atoms with van der Waals surface area (Å²) in [5.41, 5.74) is 7.39. The summed E-state index contributed by atoms with van der Waals surface area (Å²) in [5.74, 6) is -0.741. The Balaban J connectivity index is 1.85. The second kappa shape index (κ2) is 7.22. The maximum Gasteiger partial charge on any atom is 0.226 e. The van der Waals surface area contributed by atoms with Gasteiger partial charge in [0, 0.05) is 31.8 Å². The second-order valence-electron chi connectivity index (χ2n) is 5.81. The summed E-state index contributed by atoms with van der Waals surface area (Å²) < 4.78 is 0. The van der Waals surface area contributed by atoms with Gasteiger partial charge in [0.05, 0.1) is 6.10 Å². The first kappa shape index (κ1) is 16.2. The maximum atomic E-state index is 12.1. The summed E-state index contributed by atoms with van der Waals surface area (Å²) in [6, 6.07) is 8.04. The Kier molecular flexibility index (Phi) is 5.33. The first-order chi connectivity index (χ1) is 10.5. The molecule has 2 amide bonds. The van der Waals surface area contributed by atoms with Crippen LogP contribution in [0.1, 0.15) is 24.0 Å². The highest BCUT2D eigenvalue weighted by Gasteiger charge is 2.34. The molecule has 0 bridgehead atoms.